The molecule has 1 N–H and O–H groups in total. The summed E-state index contributed by atoms with van der Waals surface area (Å²) in [5.41, 5.74) is 6.29. The molecule has 0 aliphatic heterocycles. The Kier molecular flexibility index (Phi) is 8.38. The van der Waals surface area contributed by atoms with Gasteiger partial charge >= 0.3 is 0 Å². The van der Waals surface area contributed by atoms with Gasteiger partial charge in [-0.25, -0.2) is 0 Å². The van der Waals surface area contributed by atoms with Crippen LogP contribution in [0.1, 0.15) is 78.7 Å². The van der Waals surface area contributed by atoms with Crippen molar-refractivity contribution >= 4 is 21.7 Å². The van der Waals surface area contributed by atoms with E-state index in [0.29, 0.717) is 11.8 Å². The van der Waals surface area contributed by atoms with E-state index >= 15 is 0 Å². The molecule has 0 heterocycles. The predicted molar refractivity (Wildman–Crippen MR) is 137 cm³/mol. The summed E-state index contributed by atoms with van der Waals surface area (Å²) in [6, 6.07) is 21.5. The van der Waals surface area contributed by atoms with Gasteiger partial charge < -0.3 is 0 Å². The zero-order valence-electron chi connectivity index (χ0n) is 19.8. The Morgan fingerprint density at radius 1 is 0.788 bits per heavy atom. The molecule has 0 spiro atoms. The number of benzene rings is 3. The van der Waals surface area contributed by atoms with E-state index in [-0.39, 0.29) is 10.8 Å². The van der Waals surface area contributed by atoms with Crippen LogP contribution in [0, 0.1) is 13.8 Å². The molecule has 0 saturated heterocycles. The lowest BCUT2D eigenvalue weighted by Gasteiger charge is -2.27. The van der Waals surface area contributed by atoms with E-state index in [1.165, 1.54) is 34.4 Å². The van der Waals surface area contributed by atoms with E-state index in [2.05, 4.69) is 58.0 Å². The Balaban J connectivity index is 1.90. The summed E-state index contributed by atoms with van der Waals surface area (Å²) < 4.78 is 32.2. The molecule has 0 radical (unpaired) electrons. The standard InChI is InChI=1S/C28H33ClO3S/c1-5-22(24-10-14-28(15-11-24)33(30,31)32)18-26(25-7-6-19(2)20(3)16-25)17-21(4)23-8-12-27(29)13-9-23/h6-16,21-22,26H,5,17-18H2,1-4H3,(H,30,31,32). The highest BCUT2D eigenvalue weighted by Crippen LogP contribution is 2.39. The van der Waals surface area contributed by atoms with Crippen LogP contribution in [0.25, 0.3) is 0 Å². The van der Waals surface area contributed by atoms with Crippen LogP contribution in [0.15, 0.2) is 71.6 Å². The van der Waals surface area contributed by atoms with Gasteiger partial charge in [0, 0.05) is 5.02 Å². The van der Waals surface area contributed by atoms with Crippen LogP contribution in [0.5, 0.6) is 0 Å². The molecule has 3 aromatic rings. The first-order valence-corrected chi connectivity index (χ1v) is 13.3. The minimum absolute atomic E-state index is 0.0665. The van der Waals surface area contributed by atoms with Crippen molar-refractivity contribution in [2.75, 3.05) is 0 Å². The Morgan fingerprint density at radius 3 is 1.91 bits per heavy atom. The molecular weight excluding hydrogens is 452 g/mol. The number of hydrogen-bond donors (Lipinski definition) is 1. The van der Waals surface area contributed by atoms with E-state index in [1.54, 1.807) is 0 Å². The van der Waals surface area contributed by atoms with Crippen molar-refractivity contribution in [1.82, 2.24) is 0 Å². The van der Waals surface area contributed by atoms with Crippen LogP contribution in [0.2, 0.25) is 5.02 Å². The molecule has 0 fully saturated rings. The highest BCUT2D eigenvalue weighted by Gasteiger charge is 2.22. The molecule has 3 unspecified atom stereocenters. The van der Waals surface area contributed by atoms with Crippen molar-refractivity contribution in [3.63, 3.8) is 0 Å². The smallest absolute Gasteiger partial charge is 0.282 e. The highest BCUT2D eigenvalue weighted by atomic mass is 35.5. The summed E-state index contributed by atoms with van der Waals surface area (Å²) in [4.78, 5) is -0.0665. The molecule has 0 bridgehead atoms. The maximum absolute atomic E-state index is 11.4. The third-order valence-electron chi connectivity index (χ3n) is 6.79. The Hall–Kier alpha value is -2.14. The first-order valence-electron chi connectivity index (χ1n) is 11.5. The van der Waals surface area contributed by atoms with Crippen molar-refractivity contribution in [3.8, 4) is 0 Å². The summed E-state index contributed by atoms with van der Waals surface area (Å²) in [5, 5.41) is 0.746. The summed E-state index contributed by atoms with van der Waals surface area (Å²) in [5.74, 6) is 0.999. The van der Waals surface area contributed by atoms with Crippen molar-refractivity contribution in [2.45, 2.75) is 69.6 Å². The second-order valence-corrected chi connectivity index (χ2v) is 11.0. The van der Waals surface area contributed by atoms with Crippen LogP contribution in [-0.4, -0.2) is 13.0 Å². The molecule has 0 aliphatic rings. The Bertz CT molecular complexity index is 1170. The summed E-state index contributed by atoms with van der Waals surface area (Å²) in [6.07, 6.45) is 2.91. The fourth-order valence-electron chi connectivity index (χ4n) is 4.53. The quantitative estimate of drug-likeness (QED) is 0.312. The maximum Gasteiger partial charge on any atom is 0.294 e. The largest absolute Gasteiger partial charge is 0.294 e. The van der Waals surface area contributed by atoms with Crippen LogP contribution < -0.4 is 0 Å². The number of aryl methyl sites for hydroxylation is 2. The first kappa shape index (κ1) is 25.5. The molecule has 3 rings (SSSR count). The zero-order chi connectivity index (χ0) is 24.2. The van der Waals surface area contributed by atoms with Gasteiger partial charge in [-0.1, -0.05) is 67.9 Å². The number of hydrogen-bond acceptors (Lipinski definition) is 2. The fourth-order valence-corrected chi connectivity index (χ4v) is 5.14. The SMILES string of the molecule is CCC(CC(CC(C)c1ccc(Cl)cc1)c1ccc(C)c(C)c1)c1ccc(S(=O)(=O)O)cc1. The van der Waals surface area contributed by atoms with Crippen molar-refractivity contribution in [2.24, 2.45) is 0 Å². The lowest BCUT2D eigenvalue weighted by Crippen LogP contribution is -2.10. The van der Waals surface area contributed by atoms with Gasteiger partial charge in [0.1, 0.15) is 0 Å². The average Bonchev–Trinajstić information content (AvgIpc) is 2.78. The summed E-state index contributed by atoms with van der Waals surface area (Å²) in [7, 11) is -4.19. The second-order valence-electron chi connectivity index (χ2n) is 9.11. The molecule has 176 valence electrons. The summed E-state index contributed by atoms with van der Waals surface area (Å²) >= 11 is 6.09. The fraction of sp³-hybridized carbons (Fsp3) is 0.357. The van der Waals surface area contributed by atoms with Gasteiger partial charge in [0.2, 0.25) is 0 Å². The molecule has 3 atom stereocenters. The third kappa shape index (κ3) is 6.69. The van der Waals surface area contributed by atoms with E-state index in [1.807, 2.05) is 24.3 Å². The third-order valence-corrected chi connectivity index (χ3v) is 7.91. The molecule has 0 aromatic heterocycles. The van der Waals surface area contributed by atoms with E-state index in [4.69, 9.17) is 11.6 Å². The molecule has 0 amide bonds. The summed E-state index contributed by atoms with van der Waals surface area (Å²) in [6.45, 7) is 8.72. The molecule has 5 heteroatoms. The van der Waals surface area contributed by atoms with E-state index in [9.17, 15) is 13.0 Å². The lowest BCUT2D eigenvalue weighted by atomic mass is 9.78. The normalized spacial score (nSPS) is 14.6. The molecule has 0 saturated carbocycles. The van der Waals surface area contributed by atoms with Crippen molar-refractivity contribution in [3.05, 3.63) is 99.6 Å². The maximum atomic E-state index is 11.4. The van der Waals surface area contributed by atoms with Crippen LogP contribution in [-0.2, 0) is 10.1 Å². The predicted octanol–water partition coefficient (Wildman–Crippen LogP) is 8.06. The number of halogens is 1. The van der Waals surface area contributed by atoms with Gasteiger partial charge in [0.15, 0.2) is 0 Å². The lowest BCUT2D eigenvalue weighted by molar-refractivity contribution is 0.466. The monoisotopic (exact) mass is 484 g/mol. The molecule has 3 nitrogen and oxygen atoms in total. The highest BCUT2D eigenvalue weighted by molar-refractivity contribution is 7.85. The van der Waals surface area contributed by atoms with E-state index in [0.717, 1.165) is 29.8 Å². The molecular formula is C28H33ClO3S. The molecule has 33 heavy (non-hydrogen) atoms. The minimum Gasteiger partial charge on any atom is -0.282 e. The van der Waals surface area contributed by atoms with Gasteiger partial charge in [0.25, 0.3) is 10.1 Å². The topological polar surface area (TPSA) is 54.4 Å². The van der Waals surface area contributed by atoms with Gasteiger partial charge in [-0.05, 0) is 103 Å². The van der Waals surface area contributed by atoms with Gasteiger partial charge in [0.05, 0.1) is 4.90 Å². The van der Waals surface area contributed by atoms with Gasteiger partial charge in [-0.2, -0.15) is 8.42 Å². The second kappa shape index (κ2) is 10.9. The molecule has 0 aliphatic carbocycles. The average molecular weight is 485 g/mol. The Morgan fingerprint density at radius 2 is 1.36 bits per heavy atom. The number of rotatable bonds is 9. The van der Waals surface area contributed by atoms with Crippen molar-refractivity contribution < 1.29 is 13.0 Å². The van der Waals surface area contributed by atoms with Gasteiger partial charge in [-0.15, -0.1) is 0 Å². The van der Waals surface area contributed by atoms with Crippen molar-refractivity contribution in [1.29, 1.82) is 0 Å². The van der Waals surface area contributed by atoms with Crippen LogP contribution in [0.3, 0.4) is 0 Å². The van der Waals surface area contributed by atoms with Gasteiger partial charge in [-0.3, -0.25) is 4.55 Å². The Labute approximate surface area is 203 Å². The minimum atomic E-state index is -4.19. The first-order chi connectivity index (χ1) is 15.6. The van der Waals surface area contributed by atoms with Crippen LogP contribution >= 0.6 is 11.6 Å². The zero-order valence-corrected chi connectivity index (χ0v) is 21.3. The van der Waals surface area contributed by atoms with Crippen LogP contribution in [0.4, 0.5) is 0 Å². The van der Waals surface area contributed by atoms with E-state index < -0.39 is 10.1 Å². The molecule has 3 aromatic carbocycles.